The molecule has 0 unspecified atom stereocenters. The molecule has 0 aromatic heterocycles. The quantitative estimate of drug-likeness (QED) is 0.810. The summed E-state index contributed by atoms with van der Waals surface area (Å²) in [5, 5.41) is 10.3. The summed E-state index contributed by atoms with van der Waals surface area (Å²) in [7, 11) is 1.49. The number of hydrogen-bond acceptors (Lipinski definition) is 3. The Labute approximate surface area is 88.4 Å². The van der Waals surface area contributed by atoms with Gasteiger partial charge in [0.05, 0.1) is 7.11 Å². The topological polar surface area (TPSA) is 55.5 Å². The van der Waals surface area contributed by atoms with Crippen LogP contribution in [-0.4, -0.2) is 18.3 Å². The van der Waals surface area contributed by atoms with Crippen LogP contribution in [0.2, 0.25) is 5.02 Å². The Morgan fingerprint density at radius 1 is 1.57 bits per heavy atom. The Morgan fingerprint density at radius 2 is 2.21 bits per heavy atom. The zero-order valence-corrected chi connectivity index (χ0v) is 9.01. The minimum atomic E-state index is -0.0240. The van der Waals surface area contributed by atoms with Crippen LogP contribution >= 0.6 is 11.6 Å². The number of halogens is 1. The SMILES string of the molecule is COc1cc(Cl)cc(C[C@@H](C)N)c1O. The van der Waals surface area contributed by atoms with Gasteiger partial charge in [-0.25, -0.2) is 0 Å². The molecule has 1 aromatic rings. The lowest BCUT2D eigenvalue weighted by molar-refractivity contribution is 0.370. The number of benzene rings is 1. The molecule has 0 radical (unpaired) electrons. The third-order valence-corrected chi connectivity index (χ3v) is 2.10. The molecule has 0 fully saturated rings. The molecule has 4 heteroatoms. The summed E-state index contributed by atoms with van der Waals surface area (Å²) in [6, 6.07) is 3.24. The minimum Gasteiger partial charge on any atom is -0.504 e. The minimum absolute atomic E-state index is 0.0240. The summed E-state index contributed by atoms with van der Waals surface area (Å²) in [6.07, 6.45) is 0.572. The smallest absolute Gasteiger partial charge is 0.162 e. The average Bonchev–Trinajstić information content (AvgIpc) is 2.09. The molecule has 0 bridgehead atoms. The normalized spacial score (nSPS) is 12.6. The van der Waals surface area contributed by atoms with Crippen molar-refractivity contribution in [3.05, 3.63) is 22.7 Å². The number of aromatic hydroxyl groups is 1. The van der Waals surface area contributed by atoms with E-state index in [0.29, 0.717) is 22.8 Å². The Bertz CT molecular complexity index is 326. The molecule has 0 spiro atoms. The van der Waals surface area contributed by atoms with Crippen molar-refractivity contribution in [1.29, 1.82) is 0 Å². The van der Waals surface area contributed by atoms with Crippen molar-refractivity contribution < 1.29 is 9.84 Å². The summed E-state index contributed by atoms with van der Waals surface area (Å²) in [5.41, 5.74) is 6.35. The van der Waals surface area contributed by atoms with Gasteiger partial charge in [0.15, 0.2) is 11.5 Å². The van der Waals surface area contributed by atoms with Gasteiger partial charge in [0, 0.05) is 22.7 Å². The van der Waals surface area contributed by atoms with Crippen molar-refractivity contribution in [2.24, 2.45) is 5.73 Å². The molecule has 1 atom stereocenters. The van der Waals surface area contributed by atoms with Crippen LogP contribution in [0, 0.1) is 0 Å². The van der Waals surface area contributed by atoms with Gasteiger partial charge in [0.1, 0.15) is 0 Å². The van der Waals surface area contributed by atoms with Gasteiger partial charge in [-0.15, -0.1) is 0 Å². The Balaban J connectivity index is 3.08. The van der Waals surface area contributed by atoms with E-state index in [-0.39, 0.29) is 11.8 Å². The van der Waals surface area contributed by atoms with Crippen LogP contribution < -0.4 is 10.5 Å². The zero-order valence-electron chi connectivity index (χ0n) is 8.25. The van der Waals surface area contributed by atoms with Crippen LogP contribution in [-0.2, 0) is 6.42 Å². The Kier molecular flexibility index (Phi) is 3.61. The van der Waals surface area contributed by atoms with E-state index < -0.39 is 0 Å². The molecule has 1 rings (SSSR count). The number of nitrogens with two attached hydrogens (primary N) is 1. The second-order valence-electron chi connectivity index (χ2n) is 3.30. The second-order valence-corrected chi connectivity index (χ2v) is 3.73. The number of phenolic OH excluding ortho intramolecular Hbond substituents is 1. The van der Waals surface area contributed by atoms with E-state index in [1.807, 2.05) is 6.92 Å². The average molecular weight is 216 g/mol. The van der Waals surface area contributed by atoms with Crippen molar-refractivity contribution >= 4 is 11.6 Å². The number of ether oxygens (including phenoxy) is 1. The highest BCUT2D eigenvalue weighted by Gasteiger charge is 2.10. The molecular formula is C10H14ClNO2. The molecule has 3 N–H and O–H groups in total. The first-order chi connectivity index (χ1) is 6.54. The predicted octanol–water partition coefficient (Wildman–Crippen LogP) is 1.94. The first-order valence-electron chi connectivity index (χ1n) is 4.35. The van der Waals surface area contributed by atoms with Crippen LogP contribution in [0.5, 0.6) is 11.5 Å². The van der Waals surface area contributed by atoms with E-state index in [1.54, 1.807) is 12.1 Å². The largest absolute Gasteiger partial charge is 0.504 e. The van der Waals surface area contributed by atoms with Gasteiger partial charge in [0.25, 0.3) is 0 Å². The van der Waals surface area contributed by atoms with E-state index in [4.69, 9.17) is 22.1 Å². The van der Waals surface area contributed by atoms with Crippen LogP contribution in [0.15, 0.2) is 12.1 Å². The molecule has 0 amide bonds. The molecular weight excluding hydrogens is 202 g/mol. The Hall–Kier alpha value is -0.930. The molecule has 0 aliphatic rings. The van der Waals surface area contributed by atoms with Crippen molar-refractivity contribution in [1.82, 2.24) is 0 Å². The molecule has 0 aliphatic heterocycles. The lowest BCUT2D eigenvalue weighted by Gasteiger charge is -2.11. The van der Waals surface area contributed by atoms with E-state index in [0.717, 1.165) is 0 Å². The lowest BCUT2D eigenvalue weighted by Crippen LogP contribution is -2.17. The maximum Gasteiger partial charge on any atom is 0.162 e. The number of phenols is 1. The summed E-state index contributed by atoms with van der Waals surface area (Å²) >= 11 is 5.85. The van der Waals surface area contributed by atoms with Crippen LogP contribution in [0.4, 0.5) is 0 Å². The van der Waals surface area contributed by atoms with Crippen molar-refractivity contribution in [2.45, 2.75) is 19.4 Å². The molecule has 0 heterocycles. The molecule has 1 aromatic carbocycles. The highest BCUT2D eigenvalue weighted by atomic mass is 35.5. The monoisotopic (exact) mass is 215 g/mol. The Morgan fingerprint density at radius 3 is 2.71 bits per heavy atom. The van der Waals surface area contributed by atoms with Crippen LogP contribution in [0.1, 0.15) is 12.5 Å². The van der Waals surface area contributed by atoms with E-state index in [9.17, 15) is 5.11 Å². The summed E-state index contributed by atoms with van der Waals surface area (Å²) in [6.45, 7) is 1.87. The van der Waals surface area contributed by atoms with E-state index >= 15 is 0 Å². The molecule has 3 nitrogen and oxygen atoms in total. The molecule has 78 valence electrons. The number of methoxy groups -OCH3 is 1. The van der Waals surface area contributed by atoms with Gasteiger partial charge >= 0.3 is 0 Å². The van der Waals surface area contributed by atoms with Crippen molar-refractivity contribution in [2.75, 3.05) is 7.11 Å². The van der Waals surface area contributed by atoms with Crippen LogP contribution in [0.25, 0.3) is 0 Å². The third kappa shape index (κ3) is 2.53. The van der Waals surface area contributed by atoms with Gasteiger partial charge in [-0.3, -0.25) is 0 Å². The summed E-state index contributed by atoms with van der Waals surface area (Å²) in [5.74, 6) is 0.502. The first kappa shape index (κ1) is 11.1. The van der Waals surface area contributed by atoms with E-state index in [2.05, 4.69) is 0 Å². The zero-order chi connectivity index (χ0) is 10.7. The molecule has 0 saturated carbocycles. The molecule has 14 heavy (non-hydrogen) atoms. The highest BCUT2D eigenvalue weighted by Crippen LogP contribution is 2.33. The maximum atomic E-state index is 9.72. The second kappa shape index (κ2) is 4.53. The third-order valence-electron chi connectivity index (χ3n) is 1.88. The van der Waals surface area contributed by atoms with Gasteiger partial charge in [-0.2, -0.15) is 0 Å². The van der Waals surface area contributed by atoms with Crippen molar-refractivity contribution in [3.63, 3.8) is 0 Å². The predicted molar refractivity (Wildman–Crippen MR) is 57.0 cm³/mol. The fraction of sp³-hybridized carbons (Fsp3) is 0.400. The lowest BCUT2D eigenvalue weighted by atomic mass is 10.1. The number of hydrogen-bond donors (Lipinski definition) is 2. The van der Waals surface area contributed by atoms with Gasteiger partial charge in [-0.1, -0.05) is 11.6 Å². The van der Waals surface area contributed by atoms with Gasteiger partial charge in [0.2, 0.25) is 0 Å². The summed E-state index contributed by atoms with van der Waals surface area (Å²) < 4.78 is 4.97. The molecule has 0 saturated heterocycles. The fourth-order valence-corrected chi connectivity index (χ4v) is 1.52. The fourth-order valence-electron chi connectivity index (χ4n) is 1.29. The first-order valence-corrected chi connectivity index (χ1v) is 4.73. The maximum absolute atomic E-state index is 9.72. The van der Waals surface area contributed by atoms with Crippen LogP contribution in [0.3, 0.4) is 0 Å². The number of rotatable bonds is 3. The standard InChI is InChI=1S/C10H14ClNO2/c1-6(12)3-7-4-8(11)5-9(14-2)10(7)13/h4-6,13H,3,12H2,1-2H3/t6-/m1/s1. The summed E-state index contributed by atoms with van der Waals surface area (Å²) in [4.78, 5) is 0. The van der Waals surface area contributed by atoms with Gasteiger partial charge < -0.3 is 15.6 Å². The van der Waals surface area contributed by atoms with E-state index in [1.165, 1.54) is 7.11 Å². The molecule has 0 aliphatic carbocycles. The van der Waals surface area contributed by atoms with Gasteiger partial charge in [-0.05, 0) is 19.4 Å². The van der Waals surface area contributed by atoms with Crippen molar-refractivity contribution in [3.8, 4) is 11.5 Å². The highest BCUT2D eigenvalue weighted by molar-refractivity contribution is 6.30.